The molecule has 0 aliphatic carbocycles. The number of phosphoric acid groups is 1. The Labute approximate surface area is 103 Å². The van der Waals surface area contributed by atoms with Gasteiger partial charge in [0.05, 0.1) is 11.6 Å². The molecular formula is C7H10Cl3O4P. The first-order valence-electron chi connectivity index (χ1n) is 3.80. The van der Waals surface area contributed by atoms with Gasteiger partial charge < -0.3 is 4.52 Å². The van der Waals surface area contributed by atoms with Gasteiger partial charge in [-0.25, -0.2) is 4.57 Å². The van der Waals surface area contributed by atoms with Gasteiger partial charge in [0.1, 0.15) is 10.8 Å². The Hall–Kier alpha value is 0.300. The molecule has 8 heteroatoms. The monoisotopic (exact) mass is 294 g/mol. The Morgan fingerprint density at radius 2 is 2.00 bits per heavy atom. The van der Waals surface area contributed by atoms with Crippen molar-refractivity contribution < 1.29 is 18.1 Å². The van der Waals surface area contributed by atoms with Crippen LogP contribution in [0.4, 0.5) is 0 Å². The van der Waals surface area contributed by atoms with E-state index in [1.54, 1.807) is 6.92 Å². The lowest BCUT2D eigenvalue weighted by Crippen LogP contribution is -1.93. The van der Waals surface area contributed by atoms with Crippen molar-refractivity contribution in [2.75, 3.05) is 13.7 Å². The van der Waals surface area contributed by atoms with Gasteiger partial charge in [-0.05, 0) is 13.0 Å². The SMILES string of the molecule is CCOP(=O)(OC)O/C=C(/Cl)C=C(Cl)Cl. The van der Waals surface area contributed by atoms with Crippen molar-refractivity contribution in [3.8, 4) is 0 Å². The maximum absolute atomic E-state index is 11.5. The molecule has 0 amide bonds. The third-order valence-electron chi connectivity index (χ3n) is 1.05. The Balaban J connectivity index is 4.46. The summed E-state index contributed by atoms with van der Waals surface area (Å²) in [5.74, 6) is 0. The highest BCUT2D eigenvalue weighted by molar-refractivity contribution is 7.48. The van der Waals surface area contributed by atoms with Gasteiger partial charge in [0, 0.05) is 7.11 Å². The molecular weight excluding hydrogens is 285 g/mol. The van der Waals surface area contributed by atoms with Crippen molar-refractivity contribution in [2.45, 2.75) is 6.92 Å². The molecule has 0 aromatic carbocycles. The van der Waals surface area contributed by atoms with Gasteiger partial charge >= 0.3 is 7.82 Å². The summed E-state index contributed by atoms with van der Waals surface area (Å²) in [6.07, 6.45) is 2.18. The second kappa shape index (κ2) is 7.55. The summed E-state index contributed by atoms with van der Waals surface area (Å²) >= 11 is 16.3. The lowest BCUT2D eigenvalue weighted by atomic mass is 10.6. The van der Waals surface area contributed by atoms with Crippen LogP contribution in [0.25, 0.3) is 0 Å². The predicted octanol–water partition coefficient (Wildman–Crippen LogP) is 4.19. The first-order valence-corrected chi connectivity index (χ1v) is 6.40. The molecule has 0 aliphatic heterocycles. The molecule has 0 aromatic heterocycles. The molecule has 4 nitrogen and oxygen atoms in total. The van der Waals surface area contributed by atoms with Crippen molar-refractivity contribution >= 4 is 42.6 Å². The fourth-order valence-electron chi connectivity index (χ4n) is 0.537. The minimum absolute atomic E-state index is 0.0523. The maximum atomic E-state index is 11.5. The van der Waals surface area contributed by atoms with Crippen LogP contribution >= 0.6 is 42.6 Å². The third-order valence-corrected chi connectivity index (χ3v) is 2.85. The molecule has 0 N–H and O–H groups in total. The van der Waals surface area contributed by atoms with Crippen LogP contribution in [0.15, 0.2) is 21.9 Å². The number of rotatable bonds is 6. The predicted molar refractivity (Wildman–Crippen MR) is 61.1 cm³/mol. The summed E-state index contributed by atoms with van der Waals surface area (Å²) in [6.45, 7) is 1.83. The highest BCUT2D eigenvalue weighted by Gasteiger charge is 2.23. The Morgan fingerprint density at radius 3 is 2.40 bits per heavy atom. The zero-order chi connectivity index (χ0) is 11.9. The molecule has 0 bridgehead atoms. The number of halogens is 3. The Kier molecular flexibility index (Phi) is 7.70. The minimum atomic E-state index is -3.57. The second-order valence-corrected chi connectivity index (χ2v) is 5.26. The van der Waals surface area contributed by atoms with Crippen LogP contribution in [0, 0.1) is 0 Å². The Morgan fingerprint density at radius 1 is 1.40 bits per heavy atom. The van der Waals surface area contributed by atoms with E-state index in [0.717, 1.165) is 6.26 Å². The van der Waals surface area contributed by atoms with Gasteiger partial charge in [0.25, 0.3) is 0 Å². The van der Waals surface area contributed by atoms with Crippen LogP contribution in [-0.4, -0.2) is 13.7 Å². The lowest BCUT2D eigenvalue weighted by Gasteiger charge is -2.12. The van der Waals surface area contributed by atoms with Crippen molar-refractivity contribution in [1.82, 2.24) is 0 Å². The molecule has 0 aliphatic rings. The summed E-state index contributed by atoms with van der Waals surface area (Å²) < 4.78 is 25.5. The quantitative estimate of drug-likeness (QED) is 0.418. The standard InChI is InChI=1S/C7H10Cl3O4P/c1-3-13-15(11,12-2)14-5-6(8)4-7(9)10/h4-5H,3H2,1-2H3/b6-5+. The molecule has 1 atom stereocenters. The van der Waals surface area contributed by atoms with Gasteiger partial charge in [-0.1, -0.05) is 34.8 Å². The number of allylic oxidation sites excluding steroid dienone is 2. The number of hydrogen-bond donors (Lipinski definition) is 0. The highest BCUT2D eigenvalue weighted by atomic mass is 35.5. The van der Waals surface area contributed by atoms with Gasteiger partial charge in [0.2, 0.25) is 0 Å². The van der Waals surface area contributed by atoms with Crippen LogP contribution in [0.3, 0.4) is 0 Å². The van der Waals surface area contributed by atoms with E-state index in [0.29, 0.717) is 0 Å². The van der Waals surface area contributed by atoms with Crippen molar-refractivity contribution in [3.63, 3.8) is 0 Å². The number of hydrogen-bond acceptors (Lipinski definition) is 4. The van der Waals surface area contributed by atoms with E-state index in [2.05, 4.69) is 4.52 Å². The molecule has 88 valence electrons. The molecule has 0 fully saturated rings. The first-order chi connectivity index (χ1) is 6.93. The molecule has 1 unspecified atom stereocenters. The fraction of sp³-hybridized carbons (Fsp3) is 0.429. The zero-order valence-electron chi connectivity index (χ0n) is 8.08. The molecule has 0 radical (unpaired) electrons. The molecule has 0 aromatic rings. The van der Waals surface area contributed by atoms with E-state index in [4.69, 9.17) is 43.9 Å². The molecule has 15 heavy (non-hydrogen) atoms. The first kappa shape index (κ1) is 15.3. The number of phosphoric ester groups is 1. The Bertz CT molecular complexity index is 299. The van der Waals surface area contributed by atoms with E-state index in [1.807, 2.05) is 0 Å². The van der Waals surface area contributed by atoms with Crippen LogP contribution in [0.2, 0.25) is 0 Å². The zero-order valence-corrected chi connectivity index (χ0v) is 11.2. The van der Waals surface area contributed by atoms with E-state index < -0.39 is 7.82 Å². The van der Waals surface area contributed by atoms with Crippen LogP contribution < -0.4 is 0 Å². The molecule has 0 heterocycles. The summed E-state index contributed by atoms with van der Waals surface area (Å²) in [6, 6.07) is 0. The van der Waals surface area contributed by atoms with E-state index >= 15 is 0 Å². The largest absolute Gasteiger partial charge is 0.529 e. The van der Waals surface area contributed by atoms with Gasteiger partial charge in [-0.15, -0.1) is 0 Å². The van der Waals surface area contributed by atoms with Gasteiger partial charge in [0.15, 0.2) is 0 Å². The van der Waals surface area contributed by atoms with Crippen LogP contribution in [0.1, 0.15) is 6.92 Å². The minimum Gasteiger partial charge on any atom is -0.410 e. The lowest BCUT2D eigenvalue weighted by molar-refractivity contribution is 0.172. The van der Waals surface area contributed by atoms with Crippen molar-refractivity contribution in [1.29, 1.82) is 0 Å². The molecule has 0 spiro atoms. The van der Waals surface area contributed by atoms with E-state index in [1.165, 1.54) is 13.2 Å². The molecule has 0 saturated carbocycles. The highest BCUT2D eigenvalue weighted by Crippen LogP contribution is 2.49. The molecule has 0 saturated heterocycles. The van der Waals surface area contributed by atoms with Crippen molar-refractivity contribution in [3.05, 3.63) is 21.9 Å². The van der Waals surface area contributed by atoms with Crippen molar-refractivity contribution in [2.24, 2.45) is 0 Å². The summed E-state index contributed by atoms with van der Waals surface area (Å²) in [5, 5.41) is 0.0620. The van der Waals surface area contributed by atoms with Crippen LogP contribution in [-0.2, 0) is 18.1 Å². The average molecular weight is 295 g/mol. The second-order valence-electron chi connectivity index (χ2n) is 2.09. The smallest absolute Gasteiger partial charge is 0.410 e. The topological polar surface area (TPSA) is 44.8 Å². The summed E-state index contributed by atoms with van der Waals surface area (Å²) in [4.78, 5) is 0. The summed E-state index contributed by atoms with van der Waals surface area (Å²) in [7, 11) is -2.38. The van der Waals surface area contributed by atoms with Gasteiger partial charge in [-0.3, -0.25) is 9.05 Å². The third kappa shape index (κ3) is 7.23. The normalized spacial score (nSPS) is 15.7. The maximum Gasteiger partial charge on any atom is 0.529 e. The van der Waals surface area contributed by atoms with Gasteiger partial charge in [-0.2, -0.15) is 0 Å². The summed E-state index contributed by atoms with van der Waals surface area (Å²) in [5.41, 5.74) is 0. The fourth-order valence-corrected chi connectivity index (χ4v) is 1.91. The van der Waals surface area contributed by atoms with E-state index in [9.17, 15) is 4.57 Å². The average Bonchev–Trinajstić information content (AvgIpc) is 2.14. The van der Waals surface area contributed by atoms with E-state index in [-0.39, 0.29) is 16.1 Å². The van der Waals surface area contributed by atoms with Crippen LogP contribution in [0.5, 0.6) is 0 Å². The molecule has 0 rings (SSSR count).